The van der Waals surface area contributed by atoms with Crippen LogP contribution in [0.3, 0.4) is 0 Å². The van der Waals surface area contributed by atoms with E-state index in [4.69, 9.17) is 4.74 Å². The van der Waals surface area contributed by atoms with E-state index >= 15 is 0 Å². The molecule has 0 amide bonds. The first-order chi connectivity index (χ1) is 12.0. The number of nitrogens with one attached hydrogen (secondary N) is 1. The van der Waals surface area contributed by atoms with Gasteiger partial charge in [-0.2, -0.15) is 5.10 Å². The summed E-state index contributed by atoms with van der Waals surface area (Å²) in [5.74, 6) is 0.324. The molecule has 0 spiro atoms. The lowest BCUT2D eigenvalue weighted by Gasteiger charge is -2.14. The average molecular weight is 468 g/mol. The molecule has 0 fully saturated rings. The third-order valence-corrected chi connectivity index (χ3v) is 4.97. The van der Waals surface area contributed by atoms with E-state index in [9.17, 15) is 9.18 Å². The lowest BCUT2D eigenvalue weighted by Crippen LogP contribution is -2.14. The molecule has 0 saturated heterocycles. The first-order valence-electron chi connectivity index (χ1n) is 7.35. The highest BCUT2D eigenvalue weighted by Gasteiger charge is 2.18. The van der Waals surface area contributed by atoms with Crippen LogP contribution in [0.5, 0.6) is 5.75 Å². The van der Waals surface area contributed by atoms with Crippen LogP contribution in [0.25, 0.3) is 11.1 Å². The fourth-order valence-electron chi connectivity index (χ4n) is 2.54. The SMILES string of the molecule is COc1ccc(Br)cc1-c1c(Cc2ccc(F)cc2)n[nH]c(=O)c1Br. The summed E-state index contributed by atoms with van der Waals surface area (Å²) in [6.45, 7) is 0. The number of aromatic nitrogens is 2. The Morgan fingerprint density at radius 2 is 1.88 bits per heavy atom. The van der Waals surface area contributed by atoms with E-state index in [1.54, 1.807) is 19.2 Å². The van der Waals surface area contributed by atoms with Crippen LogP contribution in [-0.2, 0) is 6.42 Å². The molecule has 2 aromatic carbocycles. The summed E-state index contributed by atoms with van der Waals surface area (Å²) in [5.41, 5.74) is 2.57. The van der Waals surface area contributed by atoms with Crippen LogP contribution in [0.2, 0.25) is 0 Å². The molecule has 1 aromatic heterocycles. The molecule has 128 valence electrons. The van der Waals surface area contributed by atoms with Gasteiger partial charge < -0.3 is 4.74 Å². The van der Waals surface area contributed by atoms with Gasteiger partial charge in [0, 0.05) is 22.0 Å². The van der Waals surface area contributed by atoms with Gasteiger partial charge >= 0.3 is 0 Å². The largest absolute Gasteiger partial charge is 0.496 e. The summed E-state index contributed by atoms with van der Waals surface area (Å²) >= 11 is 6.81. The van der Waals surface area contributed by atoms with Crippen LogP contribution in [0, 0.1) is 5.82 Å². The fourth-order valence-corrected chi connectivity index (χ4v) is 3.43. The van der Waals surface area contributed by atoms with E-state index in [2.05, 4.69) is 42.1 Å². The van der Waals surface area contributed by atoms with Crippen LogP contribution >= 0.6 is 31.9 Å². The number of rotatable bonds is 4. The monoisotopic (exact) mass is 466 g/mol. The van der Waals surface area contributed by atoms with Gasteiger partial charge in [0.25, 0.3) is 5.56 Å². The molecule has 0 unspecified atom stereocenters. The van der Waals surface area contributed by atoms with E-state index in [1.807, 2.05) is 18.2 Å². The Balaban J connectivity index is 2.18. The van der Waals surface area contributed by atoms with Crippen molar-refractivity contribution in [3.63, 3.8) is 0 Å². The number of methoxy groups -OCH3 is 1. The normalized spacial score (nSPS) is 10.7. The maximum Gasteiger partial charge on any atom is 0.279 e. The Labute approximate surface area is 160 Å². The second-order valence-corrected chi connectivity index (χ2v) is 7.04. The molecule has 4 nitrogen and oxygen atoms in total. The van der Waals surface area contributed by atoms with Crippen LogP contribution in [0.4, 0.5) is 4.39 Å². The van der Waals surface area contributed by atoms with Crippen molar-refractivity contribution in [1.82, 2.24) is 10.2 Å². The second kappa shape index (κ2) is 7.49. The maximum absolute atomic E-state index is 13.1. The van der Waals surface area contributed by atoms with Gasteiger partial charge in [-0.05, 0) is 51.8 Å². The molecule has 1 heterocycles. The van der Waals surface area contributed by atoms with E-state index in [-0.39, 0.29) is 11.4 Å². The lowest BCUT2D eigenvalue weighted by atomic mass is 9.99. The van der Waals surface area contributed by atoms with Gasteiger partial charge in [-0.25, -0.2) is 9.49 Å². The van der Waals surface area contributed by atoms with Gasteiger partial charge in [0.15, 0.2) is 0 Å². The first kappa shape index (κ1) is 17.8. The van der Waals surface area contributed by atoms with Crippen molar-refractivity contribution in [3.05, 3.63) is 78.8 Å². The molecule has 0 aliphatic rings. The van der Waals surface area contributed by atoms with E-state index in [0.29, 0.717) is 27.9 Å². The molecular formula is C18H13Br2FN2O2. The topological polar surface area (TPSA) is 55.0 Å². The third kappa shape index (κ3) is 3.82. The molecule has 25 heavy (non-hydrogen) atoms. The minimum Gasteiger partial charge on any atom is -0.496 e. The molecule has 0 radical (unpaired) electrons. The van der Waals surface area contributed by atoms with Crippen molar-refractivity contribution in [1.29, 1.82) is 0 Å². The van der Waals surface area contributed by atoms with Crippen LogP contribution in [-0.4, -0.2) is 17.3 Å². The van der Waals surface area contributed by atoms with E-state index in [0.717, 1.165) is 15.6 Å². The minimum absolute atomic E-state index is 0.298. The smallest absolute Gasteiger partial charge is 0.279 e. The van der Waals surface area contributed by atoms with Gasteiger partial charge in [-0.3, -0.25) is 4.79 Å². The Morgan fingerprint density at radius 3 is 2.56 bits per heavy atom. The Morgan fingerprint density at radius 1 is 1.16 bits per heavy atom. The minimum atomic E-state index is -0.333. The molecule has 0 atom stereocenters. The quantitative estimate of drug-likeness (QED) is 0.605. The molecule has 0 aliphatic heterocycles. The number of ether oxygens (including phenoxy) is 1. The van der Waals surface area contributed by atoms with Crippen molar-refractivity contribution in [2.75, 3.05) is 7.11 Å². The molecule has 0 saturated carbocycles. The maximum atomic E-state index is 13.1. The number of benzene rings is 2. The molecule has 3 aromatic rings. The number of hydrogen-bond donors (Lipinski definition) is 1. The van der Waals surface area contributed by atoms with Gasteiger partial charge in [0.1, 0.15) is 11.6 Å². The molecule has 7 heteroatoms. The van der Waals surface area contributed by atoms with Crippen LogP contribution < -0.4 is 10.3 Å². The fraction of sp³-hybridized carbons (Fsp3) is 0.111. The highest BCUT2D eigenvalue weighted by atomic mass is 79.9. The zero-order valence-corrected chi connectivity index (χ0v) is 16.3. The Kier molecular flexibility index (Phi) is 5.34. The molecular weight excluding hydrogens is 455 g/mol. The van der Waals surface area contributed by atoms with Gasteiger partial charge in [-0.1, -0.05) is 28.1 Å². The zero-order chi connectivity index (χ0) is 18.0. The van der Waals surface area contributed by atoms with Gasteiger partial charge in [0.05, 0.1) is 17.3 Å². The van der Waals surface area contributed by atoms with E-state index in [1.165, 1.54) is 12.1 Å². The summed E-state index contributed by atoms with van der Waals surface area (Å²) in [7, 11) is 1.57. The van der Waals surface area contributed by atoms with Crippen molar-refractivity contribution < 1.29 is 9.13 Å². The lowest BCUT2D eigenvalue weighted by molar-refractivity contribution is 0.416. The standard InChI is InChI=1S/C18H13Br2FN2O2/c1-25-15-7-4-11(19)9-13(15)16-14(22-23-18(24)17(16)20)8-10-2-5-12(21)6-3-10/h2-7,9H,8H2,1H3,(H,23,24). The molecule has 3 rings (SSSR count). The summed E-state index contributed by atoms with van der Waals surface area (Å²) in [6, 6.07) is 11.7. The Hall–Kier alpha value is -1.99. The van der Waals surface area contributed by atoms with Gasteiger partial charge in [-0.15, -0.1) is 0 Å². The van der Waals surface area contributed by atoms with E-state index < -0.39 is 0 Å². The van der Waals surface area contributed by atoms with Crippen LogP contribution in [0.1, 0.15) is 11.3 Å². The predicted octanol–water partition coefficient (Wildman–Crippen LogP) is 4.70. The Bertz CT molecular complexity index is 972. The highest BCUT2D eigenvalue weighted by molar-refractivity contribution is 9.10. The molecule has 0 bridgehead atoms. The number of nitrogens with zero attached hydrogens (tertiary/aromatic N) is 1. The number of H-pyrrole nitrogens is 1. The third-order valence-electron chi connectivity index (χ3n) is 3.72. The van der Waals surface area contributed by atoms with Gasteiger partial charge in [0.2, 0.25) is 0 Å². The van der Waals surface area contributed by atoms with Crippen molar-refractivity contribution >= 4 is 31.9 Å². The second-order valence-electron chi connectivity index (χ2n) is 5.34. The summed E-state index contributed by atoms with van der Waals surface area (Å²) in [4.78, 5) is 12.1. The number of aromatic amines is 1. The first-order valence-corrected chi connectivity index (χ1v) is 8.93. The summed E-state index contributed by atoms with van der Waals surface area (Å²) in [6.07, 6.45) is 0.431. The highest BCUT2D eigenvalue weighted by Crippen LogP contribution is 2.37. The van der Waals surface area contributed by atoms with Crippen LogP contribution in [0.15, 0.2) is 56.2 Å². The van der Waals surface area contributed by atoms with Crippen molar-refractivity contribution in [2.45, 2.75) is 6.42 Å². The zero-order valence-electron chi connectivity index (χ0n) is 13.1. The average Bonchev–Trinajstić information content (AvgIpc) is 2.60. The van der Waals surface area contributed by atoms with Crippen molar-refractivity contribution in [2.24, 2.45) is 0 Å². The predicted molar refractivity (Wildman–Crippen MR) is 101 cm³/mol. The summed E-state index contributed by atoms with van der Waals surface area (Å²) in [5, 5.41) is 6.69. The molecule has 0 aliphatic carbocycles. The number of hydrogen-bond acceptors (Lipinski definition) is 3. The van der Waals surface area contributed by atoms with Crippen molar-refractivity contribution in [3.8, 4) is 16.9 Å². The number of halogens is 3. The summed E-state index contributed by atoms with van der Waals surface area (Å²) < 4.78 is 19.8. The molecule has 1 N–H and O–H groups in total.